The zero-order chi connectivity index (χ0) is 10.9. The van der Waals surface area contributed by atoms with E-state index in [4.69, 9.17) is 4.74 Å². The molecule has 0 aliphatic carbocycles. The van der Waals surface area contributed by atoms with E-state index in [1.165, 1.54) is 6.07 Å². The molecule has 1 aromatic carbocycles. The number of halogens is 1. The maximum absolute atomic E-state index is 13.4. The fourth-order valence-electron chi connectivity index (χ4n) is 1.92. The molecular formula is C12H16FNO. The lowest BCUT2D eigenvalue weighted by atomic mass is 9.95. The summed E-state index contributed by atoms with van der Waals surface area (Å²) in [6, 6.07) is 4.93. The predicted octanol–water partition coefficient (Wildman–Crippen LogP) is 3.19. The molecule has 0 fully saturated rings. The van der Waals surface area contributed by atoms with Crippen LogP contribution in [0, 0.1) is 5.82 Å². The quantitative estimate of drug-likeness (QED) is 0.807. The largest absolute Gasteiger partial charge is 0.483 e. The molecule has 0 radical (unpaired) electrons. The van der Waals surface area contributed by atoms with Gasteiger partial charge in [-0.1, -0.05) is 19.9 Å². The Kier molecular flexibility index (Phi) is 2.55. The first-order chi connectivity index (χ1) is 7.21. The summed E-state index contributed by atoms with van der Waals surface area (Å²) in [5.74, 6) is 0.387. The molecule has 15 heavy (non-hydrogen) atoms. The molecule has 1 aliphatic rings. The van der Waals surface area contributed by atoms with Crippen LogP contribution in [0.1, 0.15) is 26.7 Å². The van der Waals surface area contributed by atoms with Gasteiger partial charge in [0.05, 0.1) is 6.54 Å². The molecule has 1 N–H and O–H groups in total. The molecule has 0 spiro atoms. The summed E-state index contributed by atoms with van der Waals surface area (Å²) in [7, 11) is 0. The van der Waals surface area contributed by atoms with E-state index < -0.39 is 0 Å². The number of fused-ring (bicyclic) bond motifs is 1. The Morgan fingerprint density at radius 1 is 1.40 bits per heavy atom. The summed E-state index contributed by atoms with van der Waals surface area (Å²) < 4.78 is 19.3. The van der Waals surface area contributed by atoms with E-state index in [0.29, 0.717) is 18.0 Å². The van der Waals surface area contributed by atoms with Crippen LogP contribution in [0.5, 0.6) is 5.75 Å². The Balaban J connectivity index is 2.34. The van der Waals surface area contributed by atoms with Crippen molar-refractivity contribution in [1.29, 1.82) is 0 Å². The average Bonchev–Trinajstić information content (AvgIpc) is 2.29. The van der Waals surface area contributed by atoms with Crippen molar-refractivity contribution < 1.29 is 9.13 Å². The average molecular weight is 209 g/mol. The van der Waals surface area contributed by atoms with Crippen LogP contribution >= 0.6 is 0 Å². The van der Waals surface area contributed by atoms with Crippen molar-refractivity contribution in [2.24, 2.45) is 0 Å². The second-order valence-corrected chi connectivity index (χ2v) is 3.96. The molecule has 0 aromatic heterocycles. The standard InChI is InChI=1S/C12H16FNO/c1-3-12(4-2)8-14-11-9(13)6-5-7-10(11)15-12/h5-7,14H,3-4,8H2,1-2H3. The van der Waals surface area contributed by atoms with Crippen molar-refractivity contribution >= 4 is 5.69 Å². The number of ether oxygens (including phenoxy) is 1. The van der Waals surface area contributed by atoms with E-state index in [1.807, 2.05) is 6.07 Å². The van der Waals surface area contributed by atoms with Gasteiger partial charge in [0.15, 0.2) is 0 Å². The maximum Gasteiger partial charge on any atom is 0.150 e. The van der Waals surface area contributed by atoms with Crippen molar-refractivity contribution in [1.82, 2.24) is 0 Å². The van der Waals surface area contributed by atoms with Gasteiger partial charge in [-0.25, -0.2) is 4.39 Å². The molecule has 1 aliphatic heterocycles. The lowest BCUT2D eigenvalue weighted by Crippen LogP contribution is -2.45. The minimum absolute atomic E-state index is 0.180. The fourth-order valence-corrected chi connectivity index (χ4v) is 1.92. The van der Waals surface area contributed by atoms with Gasteiger partial charge in [-0.15, -0.1) is 0 Å². The number of hydrogen-bond acceptors (Lipinski definition) is 2. The molecule has 0 amide bonds. The number of hydrogen-bond donors (Lipinski definition) is 1. The number of para-hydroxylation sites is 1. The molecule has 3 heteroatoms. The smallest absolute Gasteiger partial charge is 0.150 e. The third-order valence-electron chi connectivity index (χ3n) is 3.18. The van der Waals surface area contributed by atoms with Gasteiger partial charge in [-0.3, -0.25) is 0 Å². The van der Waals surface area contributed by atoms with Crippen molar-refractivity contribution in [2.45, 2.75) is 32.3 Å². The van der Waals surface area contributed by atoms with E-state index in [9.17, 15) is 4.39 Å². The van der Waals surface area contributed by atoms with Crippen LogP contribution in [0.4, 0.5) is 10.1 Å². The molecule has 0 bridgehead atoms. The van der Waals surface area contributed by atoms with Crippen LogP contribution in [0.2, 0.25) is 0 Å². The van der Waals surface area contributed by atoms with Gasteiger partial charge in [-0.2, -0.15) is 0 Å². The lowest BCUT2D eigenvalue weighted by molar-refractivity contribution is 0.0664. The minimum atomic E-state index is -0.242. The molecule has 0 saturated carbocycles. The van der Waals surface area contributed by atoms with Crippen molar-refractivity contribution in [3.8, 4) is 5.75 Å². The van der Waals surface area contributed by atoms with Gasteiger partial charge in [0.25, 0.3) is 0 Å². The van der Waals surface area contributed by atoms with Crippen LogP contribution in [0.25, 0.3) is 0 Å². The van der Waals surface area contributed by atoms with Crippen LogP contribution in [-0.4, -0.2) is 12.1 Å². The third kappa shape index (κ3) is 1.66. The summed E-state index contributed by atoms with van der Waals surface area (Å²) in [5.41, 5.74) is 0.316. The molecule has 1 heterocycles. The summed E-state index contributed by atoms with van der Waals surface area (Å²) in [4.78, 5) is 0. The molecule has 1 aromatic rings. The molecule has 82 valence electrons. The lowest BCUT2D eigenvalue weighted by Gasteiger charge is -2.38. The molecule has 2 rings (SSSR count). The van der Waals surface area contributed by atoms with Gasteiger partial charge >= 0.3 is 0 Å². The third-order valence-corrected chi connectivity index (χ3v) is 3.18. The van der Waals surface area contributed by atoms with Crippen LogP contribution in [0.3, 0.4) is 0 Å². The monoisotopic (exact) mass is 209 g/mol. The van der Waals surface area contributed by atoms with Gasteiger partial charge in [-0.05, 0) is 25.0 Å². The van der Waals surface area contributed by atoms with Gasteiger partial charge < -0.3 is 10.1 Å². The molecule has 0 unspecified atom stereocenters. The Hall–Kier alpha value is -1.25. The van der Waals surface area contributed by atoms with Crippen molar-refractivity contribution in [3.05, 3.63) is 24.0 Å². The summed E-state index contributed by atoms with van der Waals surface area (Å²) in [6.07, 6.45) is 1.85. The second kappa shape index (κ2) is 3.72. The van der Waals surface area contributed by atoms with Gasteiger partial charge in [0.1, 0.15) is 22.9 Å². The van der Waals surface area contributed by atoms with E-state index in [2.05, 4.69) is 19.2 Å². The Bertz CT molecular complexity index is 361. The maximum atomic E-state index is 13.4. The highest BCUT2D eigenvalue weighted by atomic mass is 19.1. The highest BCUT2D eigenvalue weighted by Crippen LogP contribution is 2.37. The highest BCUT2D eigenvalue weighted by Gasteiger charge is 2.33. The summed E-state index contributed by atoms with van der Waals surface area (Å²) >= 11 is 0. The van der Waals surface area contributed by atoms with Gasteiger partial charge in [0, 0.05) is 0 Å². The zero-order valence-corrected chi connectivity index (χ0v) is 9.14. The van der Waals surface area contributed by atoms with Crippen LogP contribution in [-0.2, 0) is 0 Å². The zero-order valence-electron chi connectivity index (χ0n) is 9.14. The Labute approximate surface area is 89.4 Å². The second-order valence-electron chi connectivity index (χ2n) is 3.96. The SMILES string of the molecule is CCC1(CC)CNc2c(F)cccc2O1. The van der Waals surface area contributed by atoms with E-state index >= 15 is 0 Å². The number of rotatable bonds is 2. The topological polar surface area (TPSA) is 21.3 Å². The first kappa shape index (κ1) is 10.3. The van der Waals surface area contributed by atoms with E-state index in [0.717, 1.165) is 12.8 Å². The number of benzene rings is 1. The first-order valence-corrected chi connectivity index (χ1v) is 5.42. The first-order valence-electron chi connectivity index (χ1n) is 5.42. The van der Waals surface area contributed by atoms with E-state index in [1.54, 1.807) is 6.07 Å². The number of anilines is 1. The molecule has 2 nitrogen and oxygen atoms in total. The van der Waals surface area contributed by atoms with Crippen LogP contribution in [0.15, 0.2) is 18.2 Å². The van der Waals surface area contributed by atoms with E-state index in [-0.39, 0.29) is 11.4 Å². The highest BCUT2D eigenvalue weighted by molar-refractivity contribution is 5.59. The fraction of sp³-hybridized carbons (Fsp3) is 0.500. The summed E-state index contributed by atoms with van der Waals surface area (Å²) in [6.45, 7) is 4.86. The summed E-state index contributed by atoms with van der Waals surface area (Å²) in [5, 5.41) is 3.12. The number of nitrogens with one attached hydrogen (secondary N) is 1. The molecule has 0 saturated heterocycles. The molecular weight excluding hydrogens is 193 g/mol. The molecule has 0 atom stereocenters. The van der Waals surface area contributed by atoms with Crippen molar-refractivity contribution in [3.63, 3.8) is 0 Å². The Morgan fingerprint density at radius 3 is 2.80 bits per heavy atom. The van der Waals surface area contributed by atoms with Gasteiger partial charge in [0.2, 0.25) is 0 Å². The normalized spacial score (nSPS) is 17.5. The Morgan fingerprint density at radius 2 is 2.13 bits per heavy atom. The van der Waals surface area contributed by atoms with Crippen LogP contribution < -0.4 is 10.1 Å². The van der Waals surface area contributed by atoms with Crippen molar-refractivity contribution in [2.75, 3.05) is 11.9 Å². The minimum Gasteiger partial charge on any atom is -0.483 e. The predicted molar refractivity (Wildman–Crippen MR) is 58.8 cm³/mol.